The molecule has 4 rings (SSSR count). The molecule has 1 aliphatic carbocycles. The van der Waals surface area contributed by atoms with Crippen LogP contribution in [-0.4, -0.2) is 26.1 Å². The second-order valence-corrected chi connectivity index (χ2v) is 6.55. The lowest BCUT2D eigenvalue weighted by molar-refractivity contribution is -0.134. The van der Waals surface area contributed by atoms with Crippen molar-refractivity contribution < 1.29 is 9.18 Å². The van der Waals surface area contributed by atoms with Crippen LogP contribution in [0.3, 0.4) is 0 Å². The molecule has 1 amide bonds. The number of carbonyl (C=O) groups is 1. The van der Waals surface area contributed by atoms with Gasteiger partial charge in [0.25, 0.3) is 0 Å². The number of H-pyrrole nitrogens is 1. The van der Waals surface area contributed by atoms with Crippen LogP contribution >= 0.6 is 0 Å². The number of nitrogens with one attached hydrogen (secondary N) is 1. The number of nitrogens with two attached hydrogens (primary N) is 1. The Morgan fingerprint density at radius 1 is 1.24 bits per heavy atom. The van der Waals surface area contributed by atoms with Gasteiger partial charge in [0.15, 0.2) is 5.67 Å². The van der Waals surface area contributed by atoms with Gasteiger partial charge in [0.05, 0.1) is 23.6 Å². The summed E-state index contributed by atoms with van der Waals surface area (Å²) in [6, 6.07) is 5.06. The van der Waals surface area contributed by atoms with Crippen molar-refractivity contribution in [3.05, 3.63) is 54.2 Å². The van der Waals surface area contributed by atoms with E-state index < -0.39 is 17.0 Å². The van der Waals surface area contributed by atoms with E-state index in [4.69, 9.17) is 5.73 Å². The number of carbonyl (C=O) groups excluding carboxylic acids is 1. The fourth-order valence-electron chi connectivity index (χ4n) is 4.03. The summed E-state index contributed by atoms with van der Waals surface area (Å²) in [6.45, 7) is 0. The molecule has 0 radical (unpaired) electrons. The summed E-state index contributed by atoms with van der Waals surface area (Å²) in [5.41, 5.74) is 3.74. The maximum atomic E-state index is 16.6. The predicted molar refractivity (Wildman–Crippen MR) is 90.3 cm³/mol. The minimum atomic E-state index is -1.99. The van der Waals surface area contributed by atoms with Gasteiger partial charge in [0, 0.05) is 17.8 Å². The van der Waals surface area contributed by atoms with Crippen LogP contribution in [0.1, 0.15) is 36.9 Å². The van der Waals surface area contributed by atoms with Gasteiger partial charge in [-0.1, -0.05) is 12.5 Å². The largest absolute Gasteiger partial charge is 0.369 e. The lowest BCUT2D eigenvalue weighted by Crippen LogP contribution is -2.57. The van der Waals surface area contributed by atoms with E-state index in [2.05, 4.69) is 20.2 Å². The number of alkyl halides is 1. The zero-order valence-electron chi connectivity index (χ0n) is 13.6. The van der Waals surface area contributed by atoms with Crippen LogP contribution < -0.4 is 5.73 Å². The Morgan fingerprint density at radius 2 is 2.08 bits per heavy atom. The first kappa shape index (κ1) is 15.7. The first-order valence-corrected chi connectivity index (χ1v) is 8.27. The number of primary amides is 1. The normalized spacial score (nSPS) is 26.6. The van der Waals surface area contributed by atoms with Crippen molar-refractivity contribution in [2.75, 3.05) is 0 Å². The van der Waals surface area contributed by atoms with Crippen molar-refractivity contribution in [2.45, 2.75) is 36.8 Å². The standard InChI is InChI=1S/C18H18FN5O/c19-18(15-8-12-9-23-24-14(12)11-22-15)6-2-1-5-17(18,16(20)25)13-4-3-7-21-10-13/h3-4,7-11H,1-2,5-6H2,(H2,20,25)(H,23,24). The molecule has 0 aromatic carbocycles. The maximum absolute atomic E-state index is 16.6. The van der Waals surface area contributed by atoms with Crippen LogP contribution in [0.4, 0.5) is 4.39 Å². The van der Waals surface area contributed by atoms with Crippen LogP contribution in [0, 0.1) is 0 Å². The average Bonchev–Trinajstić information content (AvgIpc) is 3.10. The molecule has 2 atom stereocenters. The molecule has 3 aromatic rings. The molecule has 6 nitrogen and oxygen atoms in total. The van der Waals surface area contributed by atoms with Gasteiger partial charge in [0.2, 0.25) is 5.91 Å². The van der Waals surface area contributed by atoms with E-state index in [0.717, 1.165) is 11.8 Å². The van der Waals surface area contributed by atoms with Crippen molar-refractivity contribution >= 4 is 16.8 Å². The van der Waals surface area contributed by atoms with Gasteiger partial charge in [-0.05, 0) is 37.0 Å². The zero-order chi connectivity index (χ0) is 17.5. The Hall–Kier alpha value is -2.83. The number of halogens is 1. The molecule has 0 saturated heterocycles. The molecule has 25 heavy (non-hydrogen) atoms. The molecule has 3 N–H and O–H groups in total. The van der Waals surface area contributed by atoms with E-state index in [9.17, 15) is 4.79 Å². The summed E-state index contributed by atoms with van der Waals surface area (Å²) in [5.74, 6) is -0.684. The number of pyridine rings is 2. The van der Waals surface area contributed by atoms with Crippen LogP contribution in [0.5, 0.6) is 0 Å². The van der Waals surface area contributed by atoms with Gasteiger partial charge in [-0.2, -0.15) is 5.10 Å². The van der Waals surface area contributed by atoms with Crippen molar-refractivity contribution in [1.82, 2.24) is 20.2 Å². The van der Waals surface area contributed by atoms with Gasteiger partial charge >= 0.3 is 0 Å². The number of nitrogens with zero attached hydrogens (tertiary/aromatic N) is 3. The number of aromatic nitrogens is 4. The van der Waals surface area contributed by atoms with Crippen molar-refractivity contribution in [3.8, 4) is 0 Å². The third-order valence-electron chi connectivity index (χ3n) is 5.31. The minimum Gasteiger partial charge on any atom is -0.369 e. The number of hydrogen-bond acceptors (Lipinski definition) is 4. The van der Waals surface area contributed by atoms with E-state index in [0.29, 0.717) is 23.9 Å². The molecule has 1 saturated carbocycles. The maximum Gasteiger partial charge on any atom is 0.231 e. The van der Waals surface area contributed by atoms with Gasteiger partial charge < -0.3 is 5.73 Å². The van der Waals surface area contributed by atoms with Gasteiger partial charge in [-0.25, -0.2) is 4.39 Å². The van der Waals surface area contributed by atoms with E-state index in [-0.39, 0.29) is 12.1 Å². The number of aromatic amines is 1. The molecule has 2 unspecified atom stereocenters. The summed E-state index contributed by atoms with van der Waals surface area (Å²) in [6.07, 6.45) is 8.17. The molecule has 0 aliphatic heterocycles. The fraction of sp³-hybridized carbons (Fsp3) is 0.333. The summed E-state index contributed by atoms with van der Waals surface area (Å²) < 4.78 is 16.6. The van der Waals surface area contributed by atoms with Crippen molar-refractivity contribution in [1.29, 1.82) is 0 Å². The van der Waals surface area contributed by atoms with Crippen LogP contribution in [0.25, 0.3) is 10.9 Å². The number of amides is 1. The lowest BCUT2D eigenvalue weighted by Gasteiger charge is -2.46. The highest BCUT2D eigenvalue weighted by molar-refractivity contribution is 5.89. The second kappa shape index (κ2) is 5.61. The SMILES string of the molecule is NC(=O)C1(c2cccnc2)CCCCC1(F)c1cc2cn[nH]c2cn1. The zero-order valence-corrected chi connectivity index (χ0v) is 13.6. The second-order valence-electron chi connectivity index (χ2n) is 6.55. The van der Waals surface area contributed by atoms with E-state index >= 15 is 4.39 Å². The first-order valence-electron chi connectivity index (χ1n) is 8.27. The molecule has 1 aliphatic rings. The smallest absolute Gasteiger partial charge is 0.231 e. The minimum absolute atomic E-state index is 0.182. The van der Waals surface area contributed by atoms with Crippen LogP contribution in [0.15, 0.2) is 43.0 Å². The summed E-state index contributed by atoms with van der Waals surface area (Å²) >= 11 is 0. The van der Waals surface area contributed by atoms with Crippen molar-refractivity contribution in [3.63, 3.8) is 0 Å². The molecule has 0 spiro atoms. The predicted octanol–water partition coefficient (Wildman–Crippen LogP) is 2.51. The van der Waals surface area contributed by atoms with Gasteiger partial charge in [-0.3, -0.25) is 19.9 Å². The lowest BCUT2D eigenvalue weighted by atomic mass is 9.59. The summed E-state index contributed by atoms with van der Waals surface area (Å²) in [5, 5.41) is 7.50. The van der Waals surface area contributed by atoms with E-state index in [1.807, 2.05) is 0 Å². The molecule has 128 valence electrons. The van der Waals surface area contributed by atoms with Gasteiger partial charge in [-0.15, -0.1) is 0 Å². The first-order chi connectivity index (χ1) is 12.1. The fourth-order valence-corrected chi connectivity index (χ4v) is 4.03. The number of hydrogen-bond donors (Lipinski definition) is 2. The molecular weight excluding hydrogens is 321 g/mol. The molecule has 3 heterocycles. The van der Waals surface area contributed by atoms with E-state index in [1.54, 1.807) is 36.8 Å². The van der Waals surface area contributed by atoms with Crippen LogP contribution in [-0.2, 0) is 15.9 Å². The van der Waals surface area contributed by atoms with Gasteiger partial charge in [0.1, 0.15) is 5.41 Å². The third kappa shape index (κ3) is 2.15. The Labute approximate surface area is 143 Å². The molecule has 3 aromatic heterocycles. The quantitative estimate of drug-likeness (QED) is 0.766. The molecule has 0 bridgehead atoms. The molecule has 1 fully saturated rings. The average molecular weight is 339 g/mol. The molecular formula is C18H18FN5O. The monoisotopic (exact) mass is 339 g/mol. The van der Waals surface area contributed by atoms with Crippen molar-refractivity contribution in [2.24, 2.45) is 5.73 Å². The van der Waals surface area contributed by atoms with Crippen LogP contribution in [0.2, 0.25) is 0 Å². The topological polar surface area (TPSA) is 97.5 Å². The Kier molecular flexibility index (Phi) is 3.52. The third-order valence-corrected chi connectivity index (χ3v) is 5.31. The van der Waals surface area contributed by atoms with E-state index in [1.165, 1.54) is 6.20 Å². The molecule has 7 heteroatoms. The Morgan fingerprint density at radius 3 is 2.84 bits per heavy atom. The summed E-state index contributed by atoms with van der Waals surface area (Å²) in [4.78, 5) is 21.0. The Bertz CT molecular complexity index is 927. The highest BCUT2D eigenvalue weighted by Crippen LogP contribution is 2.54. The highest BCUT2D eigenvalue weighted by Gasteiger charge is 2.60. The Balaban J connectivity index is 1.96. The summed E-state index contributed by atoms with van der Waals surface area (Å²) in [7, 11) is 0. The highest BCUT2D eigenvalue weighted by atomic mass is 19.1. The number of fused-ring (bicyclic) bond motifs is 1. The number of rotatable bonds is 3.